The third-order valence-corrected chi connectivity index (χ3v) is 27.5. The van der Waals surface area contributed by atoms with E-state index in [1.807, 2.05) is 121 Å². The second-order valence-electron chi connectivity index (χ2n) is 28.1. The summed E-state index contributed by atoms with van der Waals surface area (Å²) in [6.07, 6.45) is -2.81. The van der Waals surface area contributed by atoms with Crippen molar-refractivity contribution in [2.75, 3.05) is 64.4 Å². The number of H-pyrrole nitrogens is 2. The summed E-state index contributed by atoms with van der Waals surface area (Å²) in [4.78, 5) is 3.08. The predicted molar refractivity (Wildman–Crippen MR) is 512 cm³/mol. The van der Waals surface area contributed by atoms with Gasteiger partial charge in [0.25, 0.3) is 0 Å². The lowest BCUT2D eigenvalue weighted by molar-refractivity contribution is -0.137. The minimum atomic E-state index is -4.39. The molecule has 733 valence electrons. The lowest BCUT2D eigenvalue weighted by Crippen LogP contribution is -2.18. The topological polar surface area (TPSA) is 652 Å². The minimum absolute atomic E-state index is 0.0580. The van der Waals surface area contributed by atoms with Crippen LogP contribution in [0.25, 0.3) is 45.6 Å². The summed E-state index contributed by atoms with van der Waals surface area (Å²) in [6.45, 7) is 1.79. The van der Waals surface area contributed by atoms with E-state index in [2.05, 4.69) is 128 Å². The van der Waals surface area contributed by atoms with Crippen LogP contribution in [0.2, 0.25) is 0 Å². The van der Waals surface area contributed by atoms with Gasteiger partial charge in [-0.2, -0.15) is 43.7 Å². The van der Waals surface area contributed by atoms with Crippen molar-refractivity contribution in [2.24, 2.45) is 19.8 Å². The molecule has 0 amide bonds. The van der Waals surface area contributed by atoms with Gasteiger partial charge < -0.3 is 37.5 Å². The summed E-state index contributed by atoms with van der Waals surface area (Å²) in [7, 11) is -9.69. The Kier molecular flexibility index (Phi) is 40.8. The Morgan fingerprint density at radius 2 is 0.779 bits per heavy atom. The van der Waals surface area contributed by atoms with Crippen LogP contribution in [0.4, 0.5) is 40.3 Å². The molecule has 17 N–H and O–H groups in total. The molecule has 15 rings (SSSR count). The first-order valence-corrected chi connectivity index (χ1v) is 49.5. The molecule has 140 heavy (non-hydrogen) atoms. The molecule has 0 bridgehead atoms. The van der Waals surface area contributed by atoms with Gasteiger partial charge in [0.05, 0.1) is 65.8 Å². The van der Waals surface area contributed by atoms with Crippen molar-refractivity contribution in [1.82, 2.24) is 110 Å². The maximum absolute atomic E-state index is 12.8. The van der Waals surface area contributed by atoms with Crippen LogP contribution in [-0.2, 0) is 113 Å². The Balaban J connectivity index is 0.000000199. The first-order chi connectivity index (χ1) is 66.6. The zero-order valence-corrected chi connectivity index (χ0v) is 80.4. The number of nitriles is 2. The van der Waals surface area contributed by atoms with E-state index in [-0.39, 0.29) is 52.3 Å². The Morgan fingerprint density at radius 3 is 1.17 bits per heavy atom. The number of alkyl halides is 3. The van der Waals surface area contributed by atoms with Crippen molar-refractivity contribution in [3.05, 3.63) is 305 Å². The molecule has 4 heterocycles. The van der Waals surface area contributed by atoms with Crippen LogP contribution in [0.3, 0.4) is 0 Å². The average Bonchev–Trinajstić information content (AvgIpc) is 1.60. The number of anilines is 4. The number of halogens is 4. The van der Waals surface area contributed by atoms with Crippen molar-refractivity contribution in [3.63, 3.8) is 0 Å². The van der Waals surface area contributed by atoms with Gasteiger partial charge in [0.1, 0.15) is 23.7 Å². The number of tetrazole rings is 4. The summed E-state index contributed by atoms with van der Waals surface area (Å²) in [5.74, 6) is 0.469. The molecule has 11 aromatic carbocycles. The van der Waals surface area contributed by atoms with Gasteiger partial charge in [-0.1, -0.05) is 133 Å². The van der Waals surface area contributed by atoms with Gasteiger partial charge in [-0.25, -0.2) is 83.2 Å². The third kappa shape index (κ3) is 32.5. The van der Waals surface area contributed by atoms with E-state index in [0.717, 1.165) is 65.6 Å². The van der Waals surface area contributed by atoms with Crippen LogP contribution in [0.15, 0.2) is 284 Å². The SMILES string of the molecule is CNS(=O)(=O)c1ccc(CCc2ccccc2)c(-c2nnn(C)n2)c1.CNS(=O)(=O)c1ccc(F)c(C#N)c1.CNS(=O)(=O)c1ccc(N)c(-c2nn[nH]n2)c1.CNS(=O)(=O)c1ccc(N)c(-c2nnn(C)n2)c1.CNS(=O)(=O)c1ccc(NCc2ccccc2)c(-c2nn[nH]n2)c1.CNS(=O)(=O)c1ccc(NCc2ccccc2)c(C#N)c1.NCc1ccccc1.O[B]Oc1cccc(C(F)(F)F)c1. The summed E-state index contributed by atoms with van der Waals surface area (Å²) >= 11 is 0. The molecule has 0 aliphatic heterocycles. The van der Waals surface area contributed by atoms with Gasteiger partial charge in [0.15, 0.2) is 0 Å². The molecule has 0 fully saturated rings. The van der Waals surface area contributed by atoms with E-state index >= 15 is 0 Å². The van der Waals surface area contributed by atoms with E-state index in [9.17, 15) is 73.3 Å². The van der Waals surface area contributed by atoms with Crippen LogP contribution in [0.1, 0.15) is 44.5 Å². The molecule has 1 radical (unpaired) electrons. The third-order valence-electron chi connectivity index (χ3n) is 19.0. The monoisotopic (exact) mass is 2030 g/mol. The maximum Gasteiger partial charge on any atom is 0.569 e. The van der Waals surface area contributed by atoms with Crippen molar-refractivity contribution < 1.29 is 77.7 Å². The Labute approximate surface area is 804 Å². The number of aryl methyl sites for hydroxylation is 4. The molecule has 0 spiro atoms. The van der Waals surface area contributed by atoms with Gasteiger partial charge in [0.2, 0.25) is 83.4 Å². The van der Waals surface area contributed by atoms with E-state index in [4.69, 9.17) is 27.5 Å². The summed E-state index contributed by atoms with van der Waals surface area (Å²) < 4.78 is 208. The van der Waals surface area contributed by atoms with Crippen molar-refractivity contribution in [1.29, 1.82) is 10.5 Å². The molecular weight excluding hydrogens is 1940 g/mol. The highest BCUT2D eigenvalue weighted by molar-refractivity contribution is 7.90. The van der Waals surface area contributed by atoms with Crippen molar-refractivity contribution >= 4 is 90.6 Å². The van der Waals surface area contributed by atoms with Gasteiger partial charge in [-0.05, 0) is 225 Å². The zero-order valence-electron chi connectivity index (χ0n) is 75.5. The molecule has 0 atom stereocenters. The van der Waals surface area contributed by atoms with Crippen LogP contribution in [-0.4, -0.2) is 187 Å². The molecular formula is C86H93BF4N29O14S6. The Hall–Kier alpha value is -15.2. The van der Waals surface area contributed by atoms with Crippen LogP contribution in [0.5, 0.6) is 5.75 Å². The number of nitrogens with one attached hydrogen (secondary N) is 10. The second-order valence-corrected chi connectivity index (χ2v) is 39.4. The Bertz CT molecular complexity index is 7430. The van der Waals surface area contributed by atoms with E-state index in [0.29, 0.717) is 83.8 Å². The quantitative estimate of drug-likeness (QED) is 0.0132. The molecule has 54 heteroatoms. The smallest absolute Gasteiger partial charge is 0.537 e. The number of nitrogens with two attached hydrogens (primary N) is 3. The lowest BCUT2D eigenvalue weighted by Gasteiger charge is -2.12. The fourth-order valence-electron chi connectivity index (χ4n) is 11.6. The summed E-state index contributed by atoms with van der Waals surface area (Å²) in [6, 6.07) is 73.4. The number of hydrogen-bond donors (Lipinski definition) is 14. The second kappa shape index (κ2) is 51.9. The fraction of sp³-hybridized carbons (Fsp3) is 0.163. The number of rotatable bonds is 28. The largest absolute Gasteiger partial charge is 0.569 e. The highest BCUT2D eigenvalue weighted by Gasteiger charge is 2.31. The minimum Gasteiger partial charge on any atom is -0.537 e. The first-order valence-electron chi connectivity index (χ1n) is 40.6. The molecule has 43 nitrogen and oxygen atoms in total. The van der Waals surface area contributed by atoms with E-state index in [1.54, 1.807) is 44.4 Å². The molecule has 0 aliphatic carbocycles. The number of hydrogen-bond acceptors (Lipinski definition) is 33. The van der Waals surface area contributed by atoms with Crippen molar-refractivity contribution in [2.45, 2.75) is 68.0 Å². The molecule has 0 aliphatic rings. The molecule has 0 unspecified atom stereocenters. The molecule has 0 saturated heterocycles. The predicted octanol–water partition coefficient (Wildman–Crippen LogP) is 7.12. The van der Waals surface area contributed by atoms with Crippen LogP contribution in [0, 0.1) is 28.5 Å². The fourth-order valence-corrected chi connectivity index (χ4v) is 16.2. The van der Waals surface area contributed by atoms with Crippen LogP contribution >= 0.6 is 0 Å². The van der Waals surface area contributed by atoms with Gasteiger partial charge in [0, 0.05) is 59.0 Å². The van der Waals surface area contributed by atoms with Gasteiger partial charge in [-0.15, -0.1) is 40.8 Å². The number of nitrogens with zero attached hydrogens (tertiary/aromatic N) is 16. The Morgan fingerprint density at radius 1 is 0.414 bits per heavy atom. The average molecular weight is 2040 g/mol. The van der Waals surface area contributed by atoms with E-state index < -0.39 is 77.7 Å². The number of aromatic amines is 2. The molecule has 4 aromatic heterocycles. The van der Waals surface area contributed by atoms with E-state index in [1.165, 1.54) is 136 Å². The van der Waals surface area contributed by atoms with Gasteiger partial charge >= 0.3 is 13.9 Å². The molecule has 0 saturated carbocycles. The summed E-state index contributed by atoms with van der Waals surface area (Å²) in [5.41, 5.74) is 25.8. The van der Waals surface area contributed by atoms with Crippen LogP contribution < -0.4 is 60.8 Å². The number of nitrogen functional groups attached to an aromatic ring is 2. The van der Waals surface area contributed by atoms with Crippen molar-refractivity contribution in [3.8, 4) is 63.4 Å². The highest BCUT2D eigenvalue weighted by Crippen LogP contribution is 2.34. The zero-order chi connectivity index (χ0) is 102. The normalized spacial score (nSPS) is 11.2. The highest BCUT2D eigenvalue weighted by atomic mass is 32.2. The standard InChI is InChI=1S/C17H19N5O2S.C15H16N6O2S.C15H15N3O2S.C9H12N6O2S.C8H7FN2O2S.C8H10N6O2S.C7H5BF3O2.C7H9N/c1-18-25(23,24)15-11-10-14(9-8-13-6-4-3-5-7-13)16(12-15)17-19-21-22(2)20-17;1-16-24(22,23)12-7-8-14(13(9-12)15-18-20-21-19-15)17-10-11-5-3-2-4-6-11;1-17-21(19,20)14-7-8-15(13(9-14)10-16)18-11-12-5-3-2-4-6-12;1-11-18(16,17)6-3-4-8(10)7(5-6)9-12-14-15(2)13-9;1-11-14(12,13)7-2-3-8(9)6(4-7)5-10;1-10-17(15,16)5-2-3-7(9)6(4-5)8-11-13-14-12-8;9-7(10,11)5-2-1-3-6(4-5)13-8-12;8-6-7-4-2-1-3-5-7/h3-7,10-12,18H,8-9H2,1-2H3;2-9,16-17H,10H2,1H3,(H,18,19,20,21);2-9,17-18H,11H2,1H3;3-5,11H,10H2,1-2H3;2-4,11H,1H3;2-4,10H,9H2,1H3,(H,11,12,13,14);1-4,12H;1-5H,6,8H2. The molecule has 15 aromatic rings. The number of sulfonamides is 6. The maximum atomic E-state index is 12.8. The number of benzene rings is 11. The first kappa shape index (κ1) is 110. The lowest BCUT2D eigenvalue weighted by atomic mass is 9.99. The summed E-state index contributed by atoms with van der Waals surface area (Å²) in [5, 5.41) is 82.8. The number of aromatic nitrogens is 16. The van der Waals surface area contributed by atoms with Gasteiger partial charge in [-0.3, -0.25) is 0 Å².